The Morgan fingerprint density at radius 1 is 1.00 bits per heavy atom. The van der Waals surface area contributed by atoms with Crippen molar-refractivity contribution in [2.75, 3.05) is 0 Å². The summed E-state index contributed by atoms with van der Waals surface area (Å²) in [5.74, 6) is -0.0212. The number of halogens is 3. The van der Waals surface area contributed by atoms with E-state index in [0.717, 1.165) is 48.8 Å². The van der Waals surface area contributed by atoms with Crippen LogP contribution in [0.5, 0.6) is 11.8 Å². The fourth-order valence-electron chi connectivity index (χ4n) is 1.93. The van der Waals surface area contributed by atoms with Crippen LogP contribution in [0, 0.1) is 0 Å². The molecule has 1 heterocycles. The van der Waals surface area contributed by atoms with Gasteiger partial charge in [-0.2, -0.15) is 0 Å². The second-order valence-electron chi connectivity index (χ2n) is 3.64. The van der Waals surface area contributed by atoms with Gasteiger partial charge in [0.1, 0.15) is 0 Å². The molecule has 0 atom stereocenters. The van der Waals surface area contributed by atoms with Crippen molar-refractivity contribution < 1.29 is 10.2 Å². The van der Waals surface area contributed by atoms with Crippen molar-refractivity contribution in [2.24, 2.45) is 0 Å². The minimum atomic E-state index is -1.61. The zero-order chi connectivity index (χ0) is 11.9. The van der Waals surface area contributed by atoms with Crippen molar-refractivity contribution in [3.8, 4) is 11.8 Å². The maximum Gasteiger partial charge on any atom is 0.256 e. The lowest BCUT2D eigenvalue weighted by Crippen LogP contribution is -1.99. The van der Waals surface area contributed by atoms with Crippen molar-refractivity contribution in [1.82, 2.24) is 3.97 Å². The first-order valence-electron chi connectivity index (χ1n) is 4.81. The standard InChI is InChI=1S/C9H10Cl3NO2S/c10-9(11,12)16-13-7(14)5-3-1-2-4-6(5)8(13)15/h14-15H,1-4H2. The van der Waals surface area contributed by atoms with Crippen molar-refractivity contribution in [3.05, 3.63) is 11.1 Å². The van der Waals surface area contributed by atoms with Crippen LogP contribution in [-0.4, -0.2) is 17.3 Å². The summed E-state index contributed by atoms with van der Waals surface area (Å²) in [7, 11) is 0. The van der Waals surface area contributed by atoms with E-state index in [1.54, 1.807) is 0 Å². The highest BCUT2D eigenvalue weighted by Gasteiger charge is 2.30. The zero-order valence-electron chi connectivity index (χ0n) is 8.21. The molecular formula is C9H10Cl3NO2S. The number of aromatic hydroxyl groups is 2. The van der Waals surface area contributed by atoms with Gasteiger partial charge in [0.05, 0.1) is 0 Å². The van der Waals surface area contributed by atoms with Crippen LogP contribution < -0.4 is 0 Å². The molecule has 0 unspecified atom stereocenters. The maximum atomic E-state index is 9.93. The third-order valence-corrected chi connectivity index (χ3v) is 3.94. The second kappa shape index (κ2) is 4.41. The molecule has 2 N–H and O–H groups in total. The molecule has 0 spiro atoms. The summed E-state index contributed by atoms with van der Waals surface area (Å²) in [5.41, 5.74) is 1.54. The molecule has 0 bridgehead atoms. The molecule has 7 heteroatoms. The molecule has 0 amide bonds. The number of alkyl halides is 3. The van der Waals surface area contributed by atoms with E-state index in [1.165, 1.54) is 3.97 Å². The highest BCUT2D eigenvalue weighted by atomic mass is 35.6. The van der Waals surface area contributed by atoms with Gasteiger partial charge in [0.2, 0.25) is 11.8 Å². The van der Waals surface area contributed by atoms with E-state index in [-0.39, 0.29) is 11.8 Å². The highest BCUT2D eigenvalue weighted by Crippen LogP contribution is 2.48. The van der Waals surface area contributed by atoms with E-state index in [4.69, 9.17) is 34.8 Å². The largest absolute Gasteiger partial charge is 0.494 e. The van der Waals surface area contributed by atoms with Crippen LogP contribution in [0.15, 0.2) is 0 Å². The number of rotatable bonds is 1. The fraction of sp³-hybridized carbons (Fsp3) is 0.556. The summed E-state index contributed by atoms with van der Waals surface area (Å²) >= 11 is 17.6. The quantitative estimate of drug-likeness (QED) is 0.779. The Kier molecular flexibility index (Phi) is 3.46. The van der Waals surface area contributed by atoms with Gasteiger partial charge >= 0.3 is 0 Å². The normalized spacial score (nSPS) is 16.2. The predicted octanol–water partition coefficient (Wildman–Crippen LogP) is 3.60. The zero-order valence-corrected chi connectivity index (χ0v) is 11.3. The van der Waals surface area contributed by atoms with Crippen molar-refractivity contribution in [1.29, 1.82) is 0 Å². The van der Waals surface area contributed by atoms with E-state index < -0.39 is 3.12 Å². The van der Waals surface area contributed by atoms with Crippen LogP contribution in [-0.2, 0) is 12.8 Å². The van der Waals surface area contributed by atoms with Crippen LogP contribution in [0.4, 0.5) is 0 Å². The van der Waals surface area contributed by atoms with E-state index in [1.807, 2.05) is 0 Å². The van der Waals surface area contributed by atoms with Gasteiger partial charge in [0, 0.05) is 23.1 Å². The molecule has 1 aromatic heterocycles. The second-order valence-corrected chi connectivity index (χ2v) is 7.76. The van der Waals surface area contributed by atoms with E-state index in [9.17, 15) is 10.2 Å². The molecule has 0 saturated carbocycles. The van der Waals surface area contributed by atoms with E-state index in [2.05, 4.69) is 0 Å². The molecule has 0 radical (unpaired) electrons. The molecule has 3 nitrogen and oxygen atoms in total. The van der Waals surface area contributed by atoms with Gasteiger partial charge in [0.25, 0.3) is 3.12 Å². The van der Waals surface area contributed by atoms with Gasteiger partial charge in [0.15, 0.2) is 0 Å². The summed E-state index contributed by atoms with van der Waals surface area (Å²) < 4.78 is -0.431. The van der Waals surface area contributed by atoms with Crippen LogP contribution in [0.25, 0.3) is 0 Å². The molecule has 2 rings (SSSR count). The number of hydrogen-bond donors (Lipinski definition) is 2. The van der Waals surface area contributed by atoms with Crippen LogP contribution in [0.2, 0.25) is 0 Å². The van der Waals surface area contributed by atoms with Gasteiger partial charge in [-0.1, -0.05) is 34.8 Å². The number of hydrogen-bond acceptors (Lipinski definition) is 3. The summed E-state index contributed by atoms with van der Waals surface area (Å²) in [6.45, 7) is 0. The molecule has 0 saturated heterocycles. The van der Waals surface area contributed by atoms with Gasteiger partial charge in [-0.25, -0.2) is 3.97 Å². The van der Waals surface area contributed by atoms with Gasteiger partial charge in [-0.3, -0.25) is 0 Å². The molecule has 0 aromatic carbocycles. The first-order chi connectivity index (χ1) is 7.40. The minimum Gasteiger partial charge on any atom is -0.494 e. The SMILES string of the molecule is Oc1c2c(c(O)n1SC(Cl)(Cl)Cl)CCCC2. The predicted molar refractivity (Wildman–Crippen MR) is 67.7 cm³/mol. The van der Waals surface area contributed by atoms with Gasteiger partial charge in [-0.05, 0) is 25.7 Å². The van der Waals surface area contributed by atoms with E-state index >= 15 is 0 Å². The summed E-state index contributed by atoms with van der Waals surface area (Å²) in [4.78, 5) is 0. The van der Waals surface area contributed by atoms with E-state index in [0.29, 0.717) is 0 Å². The smallest absolute Gasteiger partial charge is 0.256 e. The third kappa shape index (κ3) is 2.35. The summed E-state index contributed by atoms with van der Waals surface area (Å²) in [6, 6.07) is 0. The van der Waals surface area contributed by atoms with Crippen LogP contribution in [0.3, 0.4) is 0 Å². The van der Waals surface area contributed by atoms with Gasteiger partial charge < -0.3 is 10.2 Å². The number of aromatic nitrogens is 1. The van der Waals surface area contributed by atoms with Gasteiger partial charge in [-0.15, -0.1) is 0 Å². The molecule has 90 valence electrons. The Morgan fingerprint density at radius 3 is 1.81 bits per heavy atom. The molecule has 1 aliphatic carbocycles. The van der Waals surface area contributed by atoms with Crippen LogP contribution in [0.1, 0.15) is 24.0 Å². The summed E-state index contributed by atoms with van der Waals surface area (Å²) in [6.07, 6.45) is 3.51. The number of nitrogens with zero attached hydrogens (tertiary/aromatic N) is 1. The lowest BCUT2D eigenvalue weighted by atomic mass is 9.95. The molecule has 0 fully saturated rings. The Labute approximate surface area is 112 Å². The fourth-order valence-corrected chi connectivity index (χ4v) is 3.16. The lowest BCUT2D eigenvalue weighted by molar-refractivity contribution is 0.413. The Balaban J connectivity index is 2.42. The molecule has 0 aliphatic heterocycles. The van der Waals surface area contributed by atoms with Crippen molar-refractivity contribution in [3.63, 3.8) is 0 Å². The Hall–Kier alpha value is 0.1000. The molecular weight excluding hydrogens is 293 g/mol. The Bertz CT molecular complexity index is 384. The third-order valence-electron chi connectivity index (χ3n) is 2.59. The van der Waals surface area contributed by atoms with Crippen LogP contribution >= 0.6 is 46.8 Å². The maximum absolute atomic E-state index is 9.93. The topological polar surface area (TPSA) is 45.4 Å². The first kappa shape index (κ1) is 12.6. The average Bonchev–Trinajstić information content (AvgIpc) is 2.43. The molecule has 1 aliphatic rings. The Morgan fingerprint density at radius 2 is 1.44 bits per heavy atom. The van der Waals surface area contributed by atoms with Crippen molar-refractivity contribution >= 4 is 46.8 Å². The van der Waals surface area contributed by atoms with Crippen molar-refractivity contribution in [2.45, 2.75) is 28.8 Å². The summed E-state index contributed by atoms with van der Waals surface area (Å²) in [5, 5.41) is 19.8. The molecule has 16 heavy (non-hydrogen) atoms. The molecule has 1 aromatic rings. The minimum absolute atomic E-state index is 0.0106. The highest BCUT2D eigenvalue weighted by molar-refractivity contribution is 8.03. The monoisotopic (exact) mass is 301 g/mol. The first-order valence-corrected chi connectivity index (χ1v) is 6.71. The average molecular weight is 303 g/mol. The lowest BCUT2D eigenvalue weighted by Gasteiger charge is -2.12. The number of fused-ring (bicyclic) bond motifs is 1.